The summed E-state index contributed by atoms with van der Waals surface area (Å²) in [7, 11) is 0. The zero-order valence-corrected chi connectivity index (χ0v) is 9.30. The van der Waals surface area contributed by atoms with Gasteiger partial charge in [-0.15, -0.1) is 0 Å². The second-order valence-electron chi connectivity index (χ2n) is 4.68. The molecule has 0 N–H and O–H groups in total. The third-order valence-corrected chi connectivity index (χ3v) is 2.03. The van der Waals surface area contributed by atoms with Gasteiger partial charge in [0, 0.05) is 5.71 Å². The molecule has 80 valence electrons. The first-order valence-corrected chi connectivity index (χ1v) is 5.21. The molecule has 0 aromatic rings. The Morgan fingerprint density at radius 3 is 2.43 bits per heavy atom. The highest BCUT2D eigenvalue weighted by Crippen LogP contribution is 2.14. The monoisotopic (exact) mass is 197 g/mol. The summed E-state index contributed by atoms with van der Waals surface area (Å²) in [4.78, 5) is 15.5. The maximum Gasteiger partial charge on any atom is 0.328 e. The van der Waals surface area contributed by atoms with Gasteiger partial charge in [-0.25, -0.2) is 0 Å². The molecule has 3 nitrogen and oxygen atoms in total. The van der Waals surface area contributed by atoms with Crippen LogP contribution in [0.4, 0.5) is 0 Å². The summed E-state index contributed by atoms with van der Waals surface area (Å²) in [6.45, 7) is 5.79. The molecule has 0 saturated heterocycles. The summed E-state index contributed by atoms with van der Waals surface area (Å²) in [6, 6.07) is 0. The van der Waals surface area contributed by atoms with Crippen LogP contribution in [0, 0.1) is 0 Å². The Labute approximate surface area is 85.6 Å². The van der Waals surface area contributed by atoms with E-state index in [2.05, 4.69) is 4.99 Å². The van der Waals surface area contributed by atoms with E-state index >= 15 is 0 Å². The summed E-state index contributed by atoms with van der Waals surface area (Å²) in [6.07, 6.45) is 4.55. The van der Waals surface area contributed by atoms with E-state index in [1.54, 1.807) is 0 Å². The molecule has 0 unspecified atom stereocenters. The number of carbonyl (C=O) groups is 1. The Balaban J connectivity index is 2.30. The first-order valence-electron chi connectivity index (χ1n) is 5.21. The standard InChI is InChI=1S/C11H19NO2/c1-11(2,3)14-10(13)8-12-9-6-4-5-7-9/h4-8H2,1-3H3. The average Bonchev–Trinajstić information content (AvgIpc) is 2.49. The first kappa shape index (κ1) is 11.2. The van der Waals surface area contributed by atoms with Crippen LogP contribution in [0.1, 0.15) is 46.5 Å². The maximum absolute atomic E-state index is 11.3. The third kappa shape index (κ3) is 4.40. The van der Waals surface area contributed by atoms with Crippen LogP contribution in [0.5, 0.6) is 0 Å². The predicted octanol–water partition coefficient (Wildman–Crippen LogP) is 2.34. The Bertz CT molecular complexity index is 230. The molecule has 0 aliphatic heterocycles. The third-order valence-electron chi connectivity index (χ3n) is 2.03. The van der Waals surface area contributed by atoms with Gasteiger partial charge in [0.2, 0.25) is 0 Å². The van der Waals surface area contributed by atoms with E-state index in [9.17, 15) is 4.79 Å². The molecule has 0 atom stereocenters. The smallest absolute Gasteiger partial charge is 0.328 e. The van der Waals surface area contributed by atoms with Crippen LogP contribution in [-0.2, 0) is 9.53 Å². The lowest BCUT2D eigenvalue weighted by atomic mass is 10.2. The van der Waals surface area contributed by atoms with Crippen LogP contribution in [0.2, 0.25) is 0 Å². The van der Waals surface area contributed by atoms with Crippen LogP contribution in [0.3, 0.4) is 0 Å². The van der Waals surface area contributed by atoms with Crippen molar-refractivity contribution in [3.63, 3.8) is 0 Å². The fourth-order valence-corrected chi connectivity index (χ4v) is 1.49. The molecule has 0 radical (unpaired) electrons. The fourth-order valence-electron chi connectivity index (χ4n) is 1.49. The minimum absolute atomic E-state index is 0.187. The molecule has 1 saturated carbocycles. The van der Waals surface area contributed by atoms with Crippen molar-refractivity contribution in [1.82, 2.24) is 0 Å². The van der Waals surface area contributed by atoms with Gasteiger partial charge in [0.15, 0.2) is 0 Å². The van der Waals surface area contributed by atoms with Crippen molar-refractivity contribution >= 4 is 11.7 Å². The van der Waals surface area contributed by atoms with Crippen molar-refractivity contribution in [2.24, 2.45) is 4.99 Å². The number of hydrogen-bond acceptors (Lipinski definition) is 3. The van der Waals surface area contributed by atoms with Crippen molar-refractivity contribution in [2.45, 2.75) is 52.1 Å². The molecular formula is C11H19NO2. The Morgan fingerprint density at radius 1 is 1.36 bits per heavy atom. The number of nitrogens with zero attached hydrogens (tertiary/aromatic N) is 1. The van der Waals surface area contributed by atoms with Crippen LogP contribution in [0.25, 0.3) is 0 Å². The van der Waals surface area contributed by atoms with Gasteiger partial charge in [0.05, 0.1) is 0 Å². The Morgan fingerprint density at radius 2 is 1.93 bits per heavy atom. The molecule has 0 spiro atoms. The zero-order chi connectivity index (χ0) is 10.6. The highest BCUT2D eigenvalue weighted by Gasteiger charge is 2.16. The van der Waals surface area contributed by atoms with Crippen molar-refractivity contribution in [3.05, 3.63) is 0 Å². The lowest BCUT2D eigenvalue weighted by molar-refractivity contribution is -0.152. The van der Waals surface area contributed by atoms with Crippen molar-refractivity contribution < 1.29 is 9.53 Å². The average molecular weight is 197 g/mol. The first-order chi connectivity index (χ1) is 6.47. The molecule has 0 bridgehead atoms. The van der Waals surface area contributed by atoms with Gasteiger partial charge in [-0.2, -0.15) is 0 Å². The summed E-state index contributed by atoms with van der Waals surface area (Å²) >= 11 is 0. The molecule has 1 rings (SSSR count). The number of aliphatic imine (C=N–C) groups is 1. The SMILES string of the molecule is CC(C)(C)OC(=O)CN=C1CCCC1. The maximum atomic E-state index is 11.3. The molecule has 3 heteroatoms. The Kier molecular flexibility index (Phi) is 3.67. The highest BCUT2D eigenvalue weighted by molar-refractivity contribution is 5.88. The normalized spacial score (nSPS) is 16.9. The quantitative estimate of drug-likeness (QED) is 0.637. The number of esters is 1. The summed E-state index contributed by atoms with van der Waals surface area (Å²) in [5, 5.41) is 0. The van der Waals surface area contributed by atoms with E-state index in [0.29, 0.717) is 0 Å². The molecule has 0 aromatic carbocycles. The molecular weight excluding hydrogens is 178 g/mol. The van der Waals surface area contributed by atoms with E-state index < -0.39 is 5.60 Å². The van der Waals surface area contributed by atoms with E-state index in [0.717, 1.165) is 12.8 Å². The number of ether oxygens (including phenoxy) is 1. The second kappa shape index (κ2) is 4.58. The molecule has 1 aliphatic rings. The molecule has 1 fully saturated rings. The van der Waals surface area contributed by atoms with Crippen LogP contribution < -0.4 is 0 Å². The van der Waals surface area contributed by atoms with Crippen LogP contribution in [-0.4, -0.2) is 23.8 Å². The topological polar surface area (TPSA) is 38.7 Å². The molecule has 0 aromatic heterocycles. The molecule has 0 amide bonds. The number of carbonyl (C=O) groups excluding carboxylic acids is 1. The van der Waals surface area contributed by atoms with Crippen LogP contribution >= 0.6 is 0 Å². The minimum atomic E-state index is -0.396. The number of hydrogen-bond donors (Lipinski definition) is 0. The number of rotatable bonds is 2. The van der Waals surface area contributed by atoms with Gasteiger partial charge in [0.25, 0.3) is 0 Å². The van der Waals surface area contributed by atoms with Crippen molar-refractivity contribution in [3.8, 4) is 0 Å². The van der Waals surface area contributed by atoms with Gasteiger partial charge >= 0.3 is 5.97 Å². The van der Waals surface area contributed by atoms with Crippen LogP contribution in [0.15, 0.2) is 4.99 Å². The van der Waals surface area contributed by atoms with Crippen molar-refractivity contribution in [1.29, 1.82) is 0 Å². The fraction of sp³-hybridized carbons (Fsp3) is 0.818. The largest absolute Gasteiger partial charge is 0.459 e. The molecule has 14 heavy (non-hydrogen) atoms. The van der Waals surface area contributed by atoms with E-state index in [1.165, 1.54) is 18.6 Å². The zero-order valence-electron chi connectivity index (χ0n) is 9.30. The van der Waals surface area contributed by atoms with E-state index in [4.69, 9.17) is 4.74 Å². The Hall–Kier alpha value is -0.860. The lowest BCUT2D eigenvalue weighted by Crippen LogP contribution is -2.25. The van der Waals surface area contributed by atoms with E-state index in [-0.39, 0.29) is 12.5 Å². The van der Waals surface area contributed by atoms with Gasteiger partial charge in [-0.1, -0.05) is 0 Å². The molecule has 1 aliphatic carbocycles. The second-order valence-corrected chi connectivity index (χ2v) is 4.68. The minimum Gasteiger partial charge on any atom is -0.459 e. The lowest BCUT2D eigenvalue weighted by Gasteiger charge is -2.18. The predicted molar refractivity (Wildman–Crippen MR) is 56.6 cm³/mol. The summed E-state index contributed by atoms with van der Waals surface area (Å²) in [5.74, 6) is -0.225. The summed E-state index contributed by atoms with van der Waals surface area (Å²) in [5.41, 5.74) is 0.781. The van der Waals surface area contributed by atoms with E-state index in [1.807, 2.05) is 20.8 Å². The summed E-state index contributed by atoms with van der Waals surface area (Å²) < 4.78 is 5.15. The molecule has 0 heterocycles. The highest BCUT2D eigenvalue weighted by atomic mass is 16.6. The van der Waals surface area contributed by atoms with Gasteiger partial charge in [-0.05, 0) is 46.5 Å². The van der Waals surface area contributed by atoms with Gasteiger partial charge in [-0.3, -0.25) is 9.79 Å². The van der Waals surface area contributed by atoms with Gasteiger partial charge in [0.1, 0.15) is 12.1 Å². The van der Waals surface area contributed by atoms with Crippen molar-refractivity contribution in [2.75, 3.05) is 6.54 Å². The van der Waals surface area contributed by atoms with Gasteiger partial charge < -0.3 is 4.74 Å².